The molecule has 3 rings (SSSR count). The lowest BCUT2D eigenvalue weighted by atomic mass is 10.1. The van der Waals surface area contributed by atoms with E-state index in [2.05, 4.69) is 51.5 Å². The van der Waals surface area contributed by atoms with Gasteiger partial charge in [-0.1, -0.05) is 19.1 Å². The Labute approximate surface area is 111 Å². The van der Waals surface area contributed by atoms with E-state index in [9.17, 15) is 0 Å². The van der Waals surface area contributed by atoms with Crippen LogP contribution in [-0.4, -0.2) is 15.0 Å². The Bertz CT molecular complexity index is 698. The van der Waals surface area contributed by atoms with Gasteiger partial charge in [-0.05, 0) is 37.1 Å². The molecule has 1 aromatic carbocycles. The monoisotopic (exact) mass is 252 g/mol. The van der Waals surface area contributed by atoms with Crippen molar-refractivity contribution in [1.82, 2.24) is 15.0 Å². The molecule has 2 aromatic heterocycles. The SMILES string of the molecule is CCc1ccc(Nc2nc(C)nc3[nH]ccc23)cc1. The molecule has 4 heteroatoms. The number of aryl methyl sites for hydroxylation is 2. The third-order valence-electron chi connectivity index (χ3n) is 3.15. The molecule has 0 saturated carbocycles. The maximum Gasteiger partial charge on any atom is 0.143 e. The number of anilines is 2. The van der Waals surface area contributed by atoms with Crippen LogP contribution in [0.15, 0.2) is 36.5 Å². The Balaban J connectivity index is 1.97. The normalized spacial score (nSPS) is 10.8. The van der Waals surface area contributed by atoms with Crippen molar-refractivity contribution in [1.29, 1.82) is 0 Å². The molecule has 0 aliphatic carbocycles. The highest BCUT2D eigenvalue weighted by atomic mass is 15.1. The Morgan fingerprint density at radius 1 is 1.11 bits per heavy atom. The summed E-state index contributed by atoms with van der Waals surface area (Å²) >= 11 is 0. The van der Waals surface area contributed by atoms with Crippen LogP contribution in [0.4, 0.5) is 11.5 Å². The molecule has 0 aliphatic heterocycles. The largest absolute Gasteiger partial charge is 0.346 e. The molecular formula is C15H16N4. The summed E-state index contributed by atoms with van der Waals surface area (Å²) in [6, 6.07) is 10.4. The summed E-state index contributed by atoms with van der Waals surface area (Å²) in [5.41, 5.74) is 3.23. The predicted molar refractivity (Wildman–Crippen MR) is 77.7 cm³/mol. The van der Waals surface area contributed by atoms with Crippen molar-refractivity contribution >= 4 is 22.5 Å². The number of nitrogens with zero attached hydrogens (tertiary/aromatic N) is 2. The van der Waals surface area contributed by atoms with Gasteiger partial charge in [0.1, 0.15) is 17.3 Å². The molecule has 0 unspecified atom stereocenters. The van der Waals surface area contributed by atoms with Crippen LogP contribution in [0.3, 0.4) is 0 Å². The maximum atomic E-state index is 4.47. The summed E-state index contributed by atoms with van der Waals surface area (Å²) in [6.07, 6.45) is 2.93. The number of nitrogens with one attached hydrogen (secondary N) is 2. The third-order valence-corrected chi connectivity index (χ3v) is 3.15. The van der Waals surface area contributed by atoms with E-state index in [1.54, 1.807) is 0 Å². The number of hydrogen-bond donors (Lipinski definition) is 2. The molecular weight excluding hydrogens is 236 g/mol. The van der Waals surface area contributed by atoms with Gasteiger partial charge in [0.05, 0.1) is 5.39 Å². The lowest BCUT2D eigenvalue weighted by Crippen LogP contribution is -1.98. The van der Waals surface area contributed by atoms with Crippen molar-refractivity contribution in [3.8, 4) is 0 Å². The van der Waals surface area contributed by atoms with Gasteiger partial charge < -0.3 is 10.3 Å². The van der Waals surface area contributed by atoms with Crippen LogP contribution in [0.5, 0.6) is 0 Å². The minimum atomic E-state index is 0.752. The van der Waals surface area contributed by atoms with Crippen LogP contribution in [0.1, 0.15) is 18.3 Å². The van der Waals surface area contributed by atoms with E-state index in [4.69, 9.17) is 0 Å². The molecule has 2 N–H and O–H groups in total. The molecule has 0 spiro atoms. The molecule has 0 bridgehead atoms. The highest BCUT2D eigenvalue weighted by Gasteiger charge is 2.06. The third kappa shape index (κ3) is 2.29. The van der Waals surface area contributed by atoms with Crippen LogP contribution in [0.2, 0.25) is 0 Å². The summed E-state index contributed by atoms with van der Waals surface area (Å²) in [6.45, 7) is 4.05. The molecule has 2 heterocycles. The van der Waals surface area contributed by atoms with E-state index >= 15 is 0 Å². The smallest absolute Gasteiger partial charge is 0.143 e. The summed E-state index contributed by atoms with van der Waals surface area (Å²) in [4.78, 5) is 11.9. The minimum Gasteiger partial charge on any atom is -0.346 e. The average Bonchev–Trinajstić information content (AvgIpc) is 2.88. The van der Waals surface area contributed by atoms with Crippen LogP contribution < -0.4 is 5.32 Å². The topological polar surface area (TPSA) is 53.6 Å². The molecule has 96 valence electrons. The van der Waals surface area contributed by atoms with Gasteiger partial charge in [-0.15, -0.1) is 0 Å². The van der Waals surface area contributed by atoms with Gasteiger partial charge in [0.25, 0.3) is 0 Å². The lowest BCUT2D eigenvalue weighted by Gasteiger charge is -2.08. The highest BCUT2D eigenvalue weighted by Crippen LogP contribution is 2.23. The quantitative estimate of drug-likeness (QED) is 0.749. The van der Waals surface area contributed by atoms with E-state index in [0.29, 0.717) is 0 Å². The number of aromatic amines is 1. The second kappa shape index (κ2) is 4.72. The van der Waals surface area contributed by atoms with Crippen LogP contribution >= 0.6 is 0 Å². The molecule has 0 radical (unpaired) electrons. The fourth-order valence-electron chi connectivity index (χ4n) is 2.11. The maximum absolute atomic E-state index is 4.47. The van der Waals surface area contributed by atoms with Crippen molar-refractivity contribution in [3.05, 3.63) is 47.9 Å². The number of rotatable bonds is 3. The second-order valence-corrected chi connectivity index (χ2v) is 4.53. The van der Waals surface area contributed by atoms with E-state index in [1.807, 2.05) is 19.2 Å². The minimum absolute atomic E-state index is 0.752. The van der Waals surface area contributed by atoms with E-state index in [1.165, 1.54) is 5.56 Å². The Hall–Kier alpha value is -2.36. The van der Waals surface area contributed by atoms with Gasteiger partial charge >= 0.3 is 0 Å². The van der Waals surface area contributed by atoms with Crippen LogP contribution in [0.25, 0.3) is 11.0 Å². The fourth-order valence-corrected chi connectivity index (χ4v) is 2.11. The van der Waals surface area contributed by atoms with Crippen LogP contribution in [0, 0.1) is 6.92 Å². The summed E-state index contributed by atoms with van der Waals surface area (Å²) in [5, 5.41) is 4.36. The predicted octanol–water partition coefficient (Wildman–Crippen LogP) is 3.57. The van der Waals surface area contributed by atoms with Gasteiger partial charge in [0, 0.05) is 11.9 Å². The van der Waals surface area contributed by atoms with Crippen molar-refractivity contribution in [2.45, 2.75) is 20.3 Å². The lowest BCUT2D eigenvalue weighted by molar-refractivity contribution is 1.08. The molecule has 19 heavy (non-hydrogen) atoms. The van der Waals surface area contributed by atoms with Gasteiger partial charge in [-0.2, -0.15) is 0 Å². The first-order valence-corrected chi connectivity index (χ1v) is 6.44. The van der Waals surface area contributed by atoms with Gasteiger partial charge in [-0.3, -0.25) is 0 Å². The zero-order chi connectivity index (χ0) is 13.2. The van der Waals surface area contributed by atoms with E-state index < -0.39 is 0 Å². The Morgan fingerprint density at radius 3 is 2.63 bits per heavy atom. The van der Waals surface area contributed by atoms with E-state index in [0.717, 1.165) is 34.8 Å². The zero-order valence-corrected chi connectivity index (χ0v) is 11.1. The van der Waals surface area contributed by atoms with Crippen molar-refractivity contribution < 1.29 is 0 Å². The summed E-state index contributed by atoms with van der Waals surface area (Å²) < 4.78 is 0. The number of H-pyrrole nitrogens is 1. The first-order valence-electron chi connectivity index (χ1n) is 6.44. The molecule has 0 atom stereocenters. The Morgan fingerprint density at radius 2 is 1.89 bits per heavy atom. The van der Waals surface area contributed by atoms with Gasteiger partial charge in [0.2, 0.25) is 0 Å². The van der Waals surface area contributed by atoms with Crippen molar-refractivity contribution in [2.75, 3.05) is 5.32 Å². The van der Waals surface area contributed by atoms with Crippen molar-refractivity contribution in [3.63, 3.8) is 0 Å². The molecule has 0 aliphatic rings. The first-order chi connectivity index (χ1) is 9.26. The molecule has 0 saturated heterocycles. The first kappa shape index (κ1) is 11.7. The van der Waals surface area contributed by atoms with Gasteiger partial charge in [-0.25, -0.2) is 9.97 Å². The number of benzene rings is 1. The van der Waals surface area contributed by atoms with E-state index in [-0.39, 0.29) is 0 Å². The summed E-state index contributed by atoms with van der Waals surface area (Å²) in [7, 11) is 0. The average molecular weight is 252 g/mol. The summed E-state index contributed by atoms with van der Waals surface area (Å²) in [5.74, 6) is 1.59. The number of hydrogen-bond acceptors (Lipinski definition) is 3. The zero-order valence-electron chi connectivity index (χ0n) is 11.1. The number of aromatic nitrogens is 3. The number of fused-ring (bicyclic) bond motifs is 1. The molecule has 3 aromatic rings. The molecule has 0 fully saturated rings. The highest BCUT2D eigenvalue weighted by molar-refractivity contribution is 5.88. The fraction of sp³-hybridized carbons (Fsp3) is 0.200. The van der Waals surface area contributed by atoms with Gasteiger partial charge in [0.15, 0.2) is 0 Å². The van der Waals surface area contributed by atoms with Crippen molar-refractivity contribution in [2.24, 2.45) is 0 Å². The Kier molecular flexibility index (Phi) is 2.91. The molecule has 0 amide bonds. The second-order valence-electron chi connectivity index (χ2n) is 4.53. The standard InChI is InChI=1S/C15H16N4/c1-3-11-4-6-12(7-5-11)19-15-13-8-9-16-14(13)17-10(2)18-15/h4-9H,3H2,1-2H3,(H2,16,17,18,19). The molecule has 4 nitrogen and oxygen atoms in total. The van der Waals surface area contributed by atoms with Crippen LogP contribution in [-0.2, 0) is 6.42 Å².